The number of hydrogen-bond acceptors (Lipinski definition) is 9. The van der Waals surface area contributed by atoms with Crippen molar-refractivity contribution in [1.82, 2.24) is 13.6 Å². The van der Waals surface area contributed by atoms with Gasteiger partial charge >= 0.3 is 0 Å². The lowest BCUT2D eigenvalue weighted by Crippen LogP contribution is -2.25. The highest BCUT2D eigenvalue weighted by molar-refractivity contribution is 6.99. The molecule has 0 amide bonds. The molecule has 0 spiro atoms. The number of hydrogen-bond donors (Lipinski definition) is 0. The summed E-state index contributed by atoms with van der Waals surface area (Å²) < 4.78 is 35.9. The highest BCUT2D eigenvalue weighted by Crippen LogP contribution is 2.26. The van der Waals surface area contributed by atoms with Crippen LogP contribution in [-0.2, 0) is 18.9 Å². The van der Waals surface area contributed by atoms with Gasteiger partial charge in [-0.15, -0.1) is 16.8 Å². The summed E-state index contributed by atoms with van der Waals surface area (Å²) in [5.74, 6) is 0.602. The van der Waals surface area contributed by atoms with Crippen molar-refractivity contribution in [3.05, 3.63) is 11.8 Å². The minimum atomic E-state index is 0. The van der Waals surface area contributed by atoms with Crippen molar-refractivity contribution >= 4 is 29.7 Å². The molecule has 0 fully saturated rings. The van der Waals surface area contributed by atoms with Gasteiger partial charge in [0.2, 0.25) is 0 Å². The van der Waals surface area contributed by atoms with Crippen molar-refractivity contribution in [3.8, 4) is 5.88 Å². The van der Waals surface area contributed by atoms with E-state index in [4.69, 9.17) is 23.7 Å². The summed E-state index contributed by atoms with van der Waals surface area (Å²) in [5.41, 5.74) is 2.05. The molecule has 0 N–H and O–H groups in total. The van der Waals surface area contributed by atoms with Crippen molar-refractivity contribution < 1.29 is 23.7 Å². The van der Waals surface area contributed by atoms with E-state index in [1.165, 1.54) is 17.3 Å². The Kier molecular flexibility index (Phi) is 14.4. The van der Waals surface area contributed by atoms with Gasteiger partial charge in [0, 0.05) is 19.7 Å². The Morgan fingerprint density at radius 2 is 1.54 bits per heavy atom. The predicted octanol–water partition coefficient (Wildman–Crippen LogP) is 2.14. The molecular weight excluding hydrogens is 406 g/mol. The van der Waals surface area contributed by atoms with Crippen LogP contribution in [0.3, 0.4) is 0 Å². The molecule has 1 aromatic rings. The third-order valence-electron chi connectivity index (χ3n) is 3.89. The summed E-state index contributed by atoms with van der Waals surface area (Å²) in [5, 5.41) is 0. The standard InChI is InChI=1S/C18H31N3O5S.ClH/c1-3-22-7-8-23-9-10-24-11-12-25-13-14-26-18-17(19-27-20-18)16-5-4-6-21(2)15-16;/h5H,3-4,6-15H2,1-2H3;1H. The van der Waals surface area contributed by atoms with Crippen LogP contribution in [0.1, 0.15) is 19.0 Å². The van der Waals surface area contributed by atoms with Crippen molar-refractivity contribution in [3.63, 3.8) is 0 Å². The average molecular weight is 438 g/mol. The molecule has 8 nitrogen and oxygen atoms in total. The highest BCUT2D eigenvalue weighted by atomic mass is 35.5. The van der Waals surface area contributed by atoms with E-state index in [1.54, 1.807) is 0 Å². The number of ether oxygens (including phenoxy) is 5. The lowest BCUT2D eigenvalue weighted by Gasteiger charge is -2.22. The zero-order valence-corrected chi connectivity index (χ0v) is 18.4. The van der Waals surface area contributed by atoms with E-state index in [-0.39, 0.29) is 12.4 Å². The summed E-state index contributed by atoms with van der Waals surface area (Å²) in [6.07, 6.45) is 3.25. The number of likely N-dealkylation sites (N-methyl/N-ethyl adjacent to an activating group) is 1. The van der Waals surface area contributed by atoms with Gasteiger partial charge in [0.25, 0.3) is 5.88 Å². The second-order valence-corrected chi connectivity index (χ2v) is 6.58. The lowest BCUT2D eigenvalue weighted by molar-refractivity contribution is -0.00354. The third-order valence-corrected chi connectivity index (χ3v) is 4.40. The molecule has 2 heterocycles. The summed E-state index contributed by atoms with van der Waals surface area (Å²) >= 11 is 1.18. The minimum Gasteiger partial charge on any atom is -0.473 e. The first kappa shape index (κ1) is 25.2. The Labute approximate surface area is 177 Å². The third kappa shape index (κ3) is 10.1. The first-order valence-corrected chi connectivity index (χ1v) is 10.2. The first-order valence-electron chi connectivity index (χ1n) is 9.45. The lowest BCUT2D eigenvalue weighted by atomic mass is 10.1. The molecule has 0 aliphatic carbocycles. The average Bonchev–Trinajstić information content (AvgIpc) is 3.14. The zero-order chi connectivity index (χ0) is 19.2. The van der Waals surface area contributed by atoms with Crippen LogP contribution < -0.4 is 4.74 Å². The van der Waals surface area contributed by atoms with Crippen molar-refractivity contribution in [1.29, 1.82) is 0 Å². The molecule has 1 aromatic heterocycles. The van der Waals surface area contributed by atoms with E-state index in [1.807, 2.05) is 6.92 Å². The van der Waals surface area contributed by atoms with Crippen LogP contribution in [-0.4, -0.2) is 93.2 Å². The quantitative estimate of drug-likeness (QED) is 0.386. The molecule has 0 saturated heterocycles. The zero-order valence-electron chi connectivity index (χ0n) is 16.8. The molecule has 0 unspecified atom stereocenters. The molecule has 1 aliphatic rings. The maximum Gasteiger partial charge on any atom is 0.253 e. The van der Waals surface area contributed by atoms with Crippen molar-refractivity contribution in [2.75, 3.05) is 79.6 Å². The molecule has 0 bridgehead atoms. The highest BCUT2D eigenvalue weighted by Gasteiger charge is 2.18. The minimum absolute atomic E-state index is 0. The molecule has 10 heteroatoms. The van der Waals surface area contributed by atoms with Gasteiger partial charge in [-0.1, -0.05) is 6.08 Å². The summed E-state index contributed by atoms with van der Waals surface area (Å²) in [6.45, 7) is 9.01. The van der Waals surface area contributed by atoms with Crippen LogP contribution >= 0.6 is 24.1 Å². The predicted molar refractivity (Wildman–Crippen MR) is 112 cm³/mol. The van der Waals surface area contributed by atoms with Crippen LogP contribution in [0, 0.1) is 0 Å². The Bertz CT molecular complexity index is 547. The molecule has 2 rings (SSSR count). The number of aromatic nitrogens is 2. The van der Waals surface area contributed by atoms with Crippen LogP contribution in [0.25, 0.3) is 5.57 Å². The Balaban J connectivity index is 0.00000392. The molecule has 0 saturated carbocycles. The largest absolute Gasteiger partial charge is 0.473 e. The second-order valence-electron chi connectivity index (χ2n) is 6.06. The SMILES string of the molecule is CCOCCOCCOCCOCCOc1nsnc1C1=CCCN(C)C1.Cl. The van der Waals surface area contributed by atoms with Gasteiger partial charge in [-0.25, -0.2) is 0 Å². The fraction of sp³-hybridized carbons (Fsp3) is 0.778. The number of nitrogens with zero attached hydrogens (tertiary/aromatic N) is 3. The molecule has 0 radical (unpaired) electrons. The fourth-order valence-corrected chi connectivity index (χ4v) is 3.07. The topological polar surface area (TPSA) is 75.2 Å². The van der Waals surface area contributed by atoms with Crippen LogP contribution in [0.2, 0.25) is 0 Å². The Hall–Kier alpha value is -0.810. The van der Waals surface area contributed by atoms with E-state index in [0.29, 0.717) is 58.7 Å². The molecule has 28 heavy (non-hydrogen) atoms. The van der Waals surface area contributed by atoms with Gasteiger partial charge in [0.05, 0.1) is 58.0 Å². The maximum absolute atomic E-state index is 5.74. The van der Waals surface area contributed by atoms with E-state index in [0.717, 1.165) is 31.8 Å². The molecule has 0 atom stereocenters. The van der Waals surface area contributed by atoms with E-state index in [9.17, 15) is 0 Å². The maximum atomic E-state index is 5.74. The van der Waals surface area contributed by atoms with Gasteiger partial charge in [-0.05, 0) is 26.0 Å². The summed E-state index contributed by atoms with van der Waals surface area (Å²) in [6, 6.07) is 0. The van der Waals surface area contributed by atoms with Crippen molar-refractivity contribution in [2.45, 2.75) is 13.3 Å². The molecule has 162 valence electrons. The molecular formula is C18H32ClN3O5S. The van der Waals surface area contributed by atoms with Crippen molar-refractivity contribution in [2.24, 2.45) is 0 Å². The van der Waals surface area contributed by atoms with Gasteiger partial charge in [-0.3, -0.25) is 0 Å². The van der Waals surface area contributed by atoms with E-state index in [2.05, 4.69) is 26.8 Å². The first-order chi connectivity index (χ1) is 13.3. The monoisotopic (exact) mass is 437 g/mol. The number of rotatable bonds is 15. The van der Waals surface area contributed by atoms with Gasteiger partial charge < -0.3 is 28.6 Å². The van der Waals surface area contributed by atoms with Crippen LogP contribution in [0.4, 0.5) is 0 Å². The van der Waals surface area contributed by atoms with Gasteiger partial charge in [-0.2, -0.15) is 4.37 Å². The second kappa shape index (κ2) is 16.0. The summed E-state index contributed by atoms with van der Waals surface area (Å²) in [7, 11) is 2.11. The van der Waals surface area contributed by atoms with E-state index < -0.39 is 0 Å². The van der Waals surface area contributed by atoms with Crippen LogP contribution in [0.15, 0.2) is 6.08 Å². The Morgan fingerprint density at radius 1 is 0.929 bits per heavy atom. The number of halogens is 1. The smallest absolute Gasteiger partial charge is 0.253 e. The molecule has 1 aliphatic heterocycles. The normalized spacial score (nSPS) is 14.6. The van der Waals surface area contributed by atoms with Crippen LogP contribution in [0.5, 0.6) is 5.88 Å². The van der Waals surface area contributed by atoms with E-state index >= 15 is 0 Å². The van der Waals surface area contributed by atoms with Gasteiger partial charge in [0.1, 0.15) is 12.3 Å². The molecule has 0 aromatic carbocycles. The fourth-order valence-electron chi connectivity index (χ4n) is 2.54. The van der Waals surface area contributed by atoms with Gasteiger partial charge in [0.15, 0.2) is 0 Å². The Morgan fingerprint density at radius 3 is 2.14 bits per heavy atom. The summed E-state index contributed by atoms with van der Waals surface area (Å²) in [4.78, 5) is 2.27.